The van der Waals surface area contributed by atoms with E-state index in [1.54, 1.807) is 0 Å². The monoisotopic (exact) mass is 336 g/mol. The standard InChI is InChI=1S/C19H24N6/c1-13(17-21-18(20)23-19(22-17)24(2)3)25(4)12-14-9-10-15-7-5-6-8-16(15)11-14/h5-11,13H,12H2,1-4H3,(H2,20,21,22,23). The molecule has 1 atom stereocenters. The average Bonchev–Trinajstić information content (AvgIpc) is 2.60. The van der Waals surface area contributed by atoms with Gasteiger partial charge >= 0.3 is 0 Å². The predicted octanol–water partition coefficient (Wildman–Crippen LogP) is 2.87. The van der Waals surface area contributed by atoms with Gasteiger partial charge in [-0.2, -0.15) is 15.0 Å². The Hall–Kier alpha value is -2.73. The van der Waals surface area contributed by atoms with Crippen molar-refractivity contribution in [2.75, 3.05) is 31.8 Å². The fourth-order valence-corrected chi connectivity index (χ4v) is 2.74. The molecule has 0 saturated heterocycles. The molecule has 0 bridgehead atoms. The minimum Gasteiger partial charge on any atom is -0.368 e. The second-order valence-corrected chi connectivity index (χ2v) is 6.52. The molecule has 6 heteroatoms. The van der Waals surface area contributed by atoms with Gasteiger partial charge in [-0.1, -0.05) is 36.4 Å². The van der Waals surface area contributed by atoms with Crippen LogP contribution in [0.1, 0.15) is 24.4 Å². The maximum absolute atomic E-state index is 5.84. The molecule has 0 amide bonds. The lowest BCUT2D eigenvalue weighted by atomic mass is 10.1. The summed E-state index contributed by atoms with van der Waals surface area (Å²) in [5.74, 6) is 1.51. The highest BCUT2D eigenvalue weighted by atomic mass is 15.3. The molecule has 2 aromatic carbocycles. The highest BCUT2D eigenvalue weighted by molar-refractivity contribution is 5.82. The van der Waals surface area contributed by atoms with Crippen molar-refractivity contribution in [2.24, 2.45) is 0 Å². The van der Waals surface area contributed by atoms with Crippen LogP contribution in [0.3, 0.4) is 0 Å². The van der Waals surface area contributed by atoms with Crippen molar-refractivity contribution in [1.82, 2.24) is 19.9 Å². The van der Waals surface area contributed by atoms with E-state index in [0.717, 1.165) is 6.54 Å². The zero-order valence-corrected chi connectivity index (χ0v) is 15.1. The van der Waals surface area contributed by atoms with Crippen LogP contribution in [0.25, 0.3) is 10.8 Å². The third-order valence-corrected chi connectivity index (χ3v) is 4.34. The second-order valence-electron chi connectivity index (χ2n) is 6.52. The van der Waals surface area contributed by atoms with Crippen LogP contribution in [0, 0.1) is 0 Å². The molecule has 0 aliphatic rings. The Labute approximate surface area is 148 Å². The molecule has 2 N–H and O–H groups in total. The van der Waals surface area contributed by atoms with E-state index in [0.29, 0.717) is 11.8 Å². The Morgan fingerprint density at radius 2 is 1.68 bits per heavy atom. The molecule has 1 unspecified atom stereocenters. The summed E-state index contributed by atoms with van der Waals surface area (Å²) < 4.78 is 0. The van der Waals surface area contributed by atoms with E-state index in [1.165, 1.54) is 16.3 Å². The first-order chi connectivity index (χ1) is 11.9. The van der Waals surface area contributed by atoms with E-state index in [9.17, 15) is 0 Å². The Bertz CT molecular complexity index is 877. The molecule has 0 aliphatic carbocycles. The molecule has 25 heavy (non-hydrogen) atoms. The van der Waals surface area contributed by atoms with E-state index in [-0.39, 0.29) is 12.0 Å². The Morgan fingerprint density at radius 3 is 2.40 bits per heavy atom. The first-order valence-electron chi connectivity index (χ1n) is 8.30. The summed E-state index contributed by atoms with van der Waals surface area (Å²) in [4.78, 5) is 17.0. The van der Waals surface area contributed by atoms with Gasteiger partial charge in [-0.05, 0) is 36.4 Å². The molecule has 0 radical (unpaired) electrons. The molecule has 3 aromatic rings. The van der Waals surface area contributed by atoms with Crippen LogP contribution in [0.5, 0.6) is 0 Å². The predicted molar refractivity (Wildman–Crippen MR) is 102 cm³/mol. The number of nitrogens with zero attached hydrogens (tertiary/aromatic N) is 5. The highest BCUT2D eigenvalue weighted by Gasteiger charge is 2.17. The summed E-state index contributed by atoms with van der Waals surface area (Å²) in [5.41, 5.74) is 7.10. The normalized spacial score (nSPS) is 12.5. The SMILES string of the molecule is CC(c1nc(N)nc(N(C)C)n1)N(C)Cc1ccc2ccccc2c1. The van der Waals surface area contributed by atoms with Gasteiger partial charge in [0.2, 0.25) is 11.9 Å². The van der Waals surface area contributed by atoms with E-state index in [1.807, 2.05) is 19.0 Å². The Morgan fingerprint density at radius 1 is 0.960 bits per heavy atom. The maximum atomic E-state index is 5.84. The summed E-state index contributed by atoms with van der Waals surface area (Å²) in [6.45, 7) is 2.88. The van der Waals surface area contributed by atoms with Crippen molar-refractivity contribution in [1.29, 1.82) is 0 Å². The largest absolute Gasteiger partial charge is 0.368 e. The number of nitrogens with two attached hydrogens (primary N) is 1. The van der Waals surface area contributed by atoms with Crippen LogP contribution in [0.4, 0.5) is 11.9 Å². The molecule has 3 rings (SSSR count). The van der Waals surface area contributed by atoms with Gasteiger partial charge in [0.1, 0.15) is 0 Å². The van der Waals surface area contributed by atoms with Crippen molar-refractivity contribution in [2.45, 2.75) is 19.5 Å². The van der Waals surface area contributed by atoms with Crippen LogP contribution in [0.2, 0.25) is 0 Å². The zero-order valence-electron chi connectivity index (χ0n) is 15.1. The maximum Gasteiger partial charge on any atom is 0.229 e. The number of hydrogen-bond acceptors (Lipinski definition) is 6. The highest BCUT2D eigenvalue weighted by Crippen LogP contribution is 2.22. The third kappa shape index (κ3) is 3.85. The van der Waals surface area contributed by atoms with Gasteiger partial charge in [0.05, 0.1) is 6.04 Å². The smallest absolute Gasteiger partial charge is 0.229 e. The number of rotatable bonds is 5. The molecule has 1 heterocycles. The van der Waals surface area contributed by atoms with E-state index in [2.05, 4.69) is 76.3 Å². The molecular weight excluding hydrogens is 312 g/mol. The topological polar surface area (TPSA) is 71.2 Å². The van der Waals surface area contributed by atoms with Crippen molar-refractivity contribution in [3.05, 3.63) is 53.9 Å². The molecule has 0 saturated carbocycles. The van der Waals surface area contributed by atoms with Crippen LogP contribution in [-0.2, 0) is 6.54 Å². The van der Waals surface area contributed by atoms with Gasteiger partial charge in [-0.25, -0.2) is 0 Å². The van der Waals surface area contributed by atoms with E-state index < -0.39 is 0 Å². The van der Waals surface area contributed by atoms with Gasteiger partial charge in [0, 0.05) is 20.6 Å². The minimum absolute atomic E-state index is 0.0236. The fraction of sp³-hybridized carbons (Fsp3) is 0.316. The minimum atomic E-state index is 0.0236. The number of anilines is 2. The van der Waals surface area contributed by atoms with Crippen LogP contribution >= 0.6 is 0 Å². The Kier molecular flexibility index (Phi) is 4.81. The number of aromatic nitrogens is 3. The summed E-state index contributed by atoms with van der Waals surface area (Å²) in [6, 6.07) is 15.0. The third-order valence-electron chi connectivity index (χ3n) is 4.34. The molecule has 0 fully saturated rings. The second kappa shape index (κ2) is 7.03. The van der Waals surface area contributed by atoms with Crippen LogP contribution in [0.15, 0.2) is 42.5 Å². The molecular formula is C19H24N6. The van der Waals surface area contributed by atoms with Crippen LogP contribution in [-0.4, -0.2) is 41.0 Å². The summed E-state index contributed by atoms with van der Waals surface area (Å²) >= 11 is 0. The first kappa shape index (κ1) is 17.1. The van der Waals surface area contributed by atoms with Gasteiger partial charge in [0.15, 0.2) is 5.82 Å². The molecule has 1 aromatic heterocycles. The Balaban J connectivity index is 1.81. The quantitative estimate of drug-likeness (QED) is 0.772. The number of nitrogen functional groups attached to an aromatic ring is 1. The van der Waals surface area contributed by atoms with Gasteiger partial charge in [-0.15, -0.1) is 0 Å². The zero-order chi connectivity index (χ0) is 18.0. The van der Waals surface area contributed by atoms with Crippen molar-refractivity contribution >= 4 is 22.7 Å². The van der Waals surface area contributed by atoms with Crippen molar-refractivity contribution in [3.63, 3.8) is 0 Å². The lowest BCUT2D eigenvalue weighted by Crippen LogP contribution is -2.25. The van der Waals surface area contributed by atoms with Gasteiger partial charge in [-0.3, -0.25) is 4.90 Å². The molecule has 0 spiro atoms. The average molecular weight is 336 g/mol. The van der Waals surface area contributed by atoms with Gasteiger partial charge in [0.25, 0.3) is 0 Å². The number of benzene rings is 2. The number of hydrogen-bond donors (Lipinski definition) is 1. The lowest BCUT2D eigenvalue weighted by molar-refractivity contribution is 0.244. The van der Waals surface area contributed by atoms with E-state index in [4.69, 9.17) is 5.73 Å². The lowest BCUT2D eigenvalue weighted by Gasteiger charge is -2.24. The van der Waals surface area contributed by atoms with E-state index >= 15 is 0 Å². The van der Waals surface area contributed by atoms with Gasteiger partial charge < -0.3 is 10.6 Å². The molecule has 6 nitrogen and oxygen atoms in total. The number of fused-ring (bicyclic) bond motifs is 1. The molecule has 130 valence electrons. The van der Waals surface area contributed by atoms with Crippen molar-refractivity contribution < 1.29 is 0 Å². The van der Waals surface area contributed by atoms with Crippen LogP contribution < -0.4 is 10.6 Å². The fourth-order valence-electron chi connectivity index (χ4n) is 2.74. The summed E-state index contributed by atoms with van der Waals surface area (Å²) in [7, 11) is 5.85. The summed E-state index contributed by atoms with van der Waals surface area (Å²) in [6.07, 6.45) is 0. The summed E-state index contributed by atoms with van der Waals surface area (Å²) in [5, 5.41) is 2.50. The first-order valence-corrected chi connectivity index (χ1v) is 8.30. The molecule has 0 aliphatic heterocycles. The van der Waals surface area contributed by atoms with Crippen molar-refractivity contribution in [3.8, 4) is 0 Å².